The molecule has 0 amide bonds. The molecule has 0 atom stereocenters. The second-order valence-corrected chi connectivity index (χ2v) is 13.3. The van der Waals surface area contributed by atoms with Gasteiger partial charge in [-0.05, 0) is 92.7 Å². The lowest BCUT2D eigenvalue weighted by molar-refractivity contribution is 1.28. The minimum Gasteiger partial charge on any atom is -0.311 e. The molecule has 0 unspecified atom stereocenters. The number of rotatable bonds is 6. The predicted molar refractivity (Wildman–Crippen MR) is 208 cm³/mol. The first-order chi connectivity index (χ1) is 23.8. The summed E-state index contributed by atoms with van der Waals surface area (Å²) in [6.45, 7) is 0. The van der Waals surface area contributed by atoms with Gasteiger partial charge in [0.05, 0.1) is 0 Å². The zero-order valence-corrected chi connectivity index (χ0v) is 27.1. The Bertz CT molecular complexity index is 2530. The van der Waals surface area contributed by atoms with E-state index in [2.05, 4.69) is 193 Å². The molecule has 0 spiro atoms. The van der Waals surface area contributed by atoms with Gasteiger partial charge in [-0.1, -0.05) is 140 Å². The summed E-state index contributed by atoms with van der Waals surface area (Å²) in [4.78, 5) is 2.32. The molecule has 8 aromatic carbocycles. The molecule has 0 aliphatic heterocycles. The Kier molecular flexibility index (Phi) is 7.07. The van der Waals surface area contributed by atoms with Crippen LogP contribution in [0.2, 0.25) is 0 Å². The fourth-order valence-electron chi connectivity index (χ4n) is 6.86. The molecule has 0 radical (unpaired) electrons. The van der Waals surface area contributed by atoms with Crippen LogP contribution in [0.15, 0.2) is 188 Å². The van der Waals surface area contributed by atoms with Crippen molar-refractivity contribution >= 4 is 59.3 Å². The van der Waals surface area contributed by atoms with Crippen LogP contribution in [-0.4, -0.2) is 0 Å². The second kappa shape index (κ2) is 12.0. The third-order valence-corrected chi connectivity index (χ3v) is 10.4. The number of hydrogen-bond donors (Lipinski definition) is 0. The molecular formula is C46H31NS. The molecule has 226 valence electrons. The van der Waals surface area contributed by atoms with Crippen molar-refractivity contribution in [1.29, 1.82) is 0 Å². The SMILES string of the molecule is c1ccc(-c2ccc(N(c3ccccc3)c3ccc(-c4ccc5c(c4)sc4cc(-c6cccc7ccccc67)ccc45)cc3)cc2)cc1. The normalized spacial score (nSPS) is 11.3. The summed E-state index contributed by atoms with van der Waals surface area (Å²) in [6, 6.07) is 68.0. The molecule has 9 aromatic rings. The average molecular weight is 630 g/mol. The molecule has 48 heavy (non-hydrogen) atoms. The van der Waals surface area contributed by atoms with E-state index in [-0.39, 0.29) is 0 Å². The predicted octanol–water partition coefficient (Wildman–Crippen LogP) is 13.7. The smallest absolute Gasteiger partial charge is 0.0462 e. The Morgan fingerprint density at radius 3 is 1.48 bits per heavy atom. The molecule has 9 rings (SSSR count). The lowest BCUT2D eigenvalue weighted by atomic mass is 9.97. The van der Waals surface area contributed by atoms with Crippen molar-refractivity contribution in [2.24, 2.45) is 0 Å². The number of benzene rings is 8. The van der Waals surface area contributed by atoms with Crippen LogP contribution < -0.4 is 4.90 Å². The van der Waals surface area contributed by atoms with Crippen molar-refractivity contribution in [2.45, 2.75) is 0 Å². The summed E-state index contributed by atoms with van der Waals surface area (Å²) < 4.78 is 2.63. The zero-order valence-electron chi connectivity index (χ0n) is 26.3. The van der Waals surface area contributed by atoms with Crippen molar-refractivity contribution in [2.75, 3.05) is 4.90 Å². The van der Waals surface area contributed by atoms with Crippen LogP contribution in [0.25, 0.3) is 64.3 Å². The van der Waals surface area contributed by atoms with Gasteiger partial charge in [-0.3, -0.25) is 0 Å². The molecule has 2 heteroatoms. The quantitative estimate of drug-likeness (QED) is 0.177. The minimum absolute atomic E-state index is 1.13. The van der Waals surface area contributed by atoms with Crippen LogP contribution in [0.4, 0.5) is 17.1 Å². The van der Waals surface area contributed by atoms with Crippen LogP contribution in [0.3, 0.4) is 0 Å². The third-order valence-electron chi connectivity index (χ3n) is 9.28. The maximum Gasteiger partial charge on any atom is 0.0462 e. The summed E-state index contributed by atoms with van der Waals surface area (Å²) in [5.41, 5.74) is 10.8. The van der Waals surface area contributed by atoms with Crippen LogP contribution in [0.1, 0.15) is 0 Å². The van der Waals surface area contributed by atoms with Gasteiger partial charge in [0.2, 0.25) is 0 Å². The van der Waals surface area contributed by atoms with E-state index in [1.54, 1.807) is 0 Å². The molecular weight excluding hydrogens is 599 g/mol. The number of thiophene rings is 1. The number of anilines is 3. The van der Waals surface area contributed by atoms with Crippen LogP contribution >= 0.6 is 11.3 Å². The van der Waals surface area contributed by atoms with Gasteiger partial charge in [0.15, 0.2) is 0 Å². The monoisotopic (exact) mass is 629 g/mol. The van der Waals surface area contributed by atoms with Gasteiger partial charge in [0.25, 0.3) is 0 Å². The maximum absolute atomic E-state index is 2.36. The minimum atomic E-state index is 1.13. The summed E-state index contributed by atoms with van der Waals surface area (Å²) in [6.07, 6.45) is 0. The first-order valence-corrected chi connectivity index (χ1v) is 17.2. The molecule has 1 heterocycles. The molecule has 0 N–H and O–H groups in total. The number of fused-ring (bicyclic) bond motifs is 4. The fourth-order valence-corrected chi connectivity index (χ4v) is 8.05. The van der Waals surface area contributed by atoms with Crippen molar-refractivity contribution in [1.82, 2.24) is 0 Å². The maximum atomic E-state index is 2.36. The zero-order chi connectivity index (χ0) is 31.9. The van der Waals surface area contributed by atoms with E-state index in [1.807, 2.05) is 11.3 Å². The third kappa shape index (κ3) is 5.13. The standard InChI is InChI=1S/C46H31NS/c1-3-10-32(11-4-1)33-18-24-39(25-19-33)47(38-14-5-2-6-15-38)40-26-20-34(21-27-40)36-22-28-43-44-29-23-37(31-46(44)48-45(43)30-36)42-17-9-13-35-12-7-8-16-41(35)42/h1-31H. The highest BCUT2D eigenvalue weighted by Gasteiger charge is 2.14. The lowest BCUT2D eigenvalue weighted by Gasteiger charge is -2.26. The van der Waals surface area contributed by atoms with E-state index in [0.29, 0.717) is 0 Å². The molecule has 0 bridgehead atoms. The highest BCUT2D eigenvalue weighted by atomic mass is 32.1. The van der Waals surface area contributed by atoms with Crippen molar-refractivity contribution in [3.63, 3.8) is 0 Å². The second-order valence-electron chi connectivity index (χ2n) is 12.2. The molecule has 0 saturated carbocycles. The Morgan fingerprint density at radius 1 is 0.312 bits per heavy atom. The molecule has 1 nitrogen and oxygen atoms in total. The van der Waals surface area contributed by atoms with Gasteiger partial charge in [0.1, 0.15) is 0 Å². The number of hydrogen-bond acceptors (Lipinski definition) is 2. The summed E-state index contributed by atoms with van der Waals surface area (Å²) in [7, 11) is 0. The Balaban J connectivity index is 1.05. The summed E-state index contributed by atoms with van der Waals surface area (Å²) in [5, 5.41) is 5.20. The number of para-hydroxylation sites is 1. The Hall–Kier alpha value is -5.96. The van der Waals surface area contributed by atoms with Crippen molar-refractivity contribution in [3.05, 3.63) is 188 Å². The summed E-state index contributed by atoms with van der Waals surface area (Å²) >= 11 is 1.88. The van der Waals surface area contributed by atoms with E-state index in [1.165, 1.54) is 64.3 Å². The highest BCUT2D eigenvalue weighted by molar-refractivity contribution is 7.25. The largest absolute Gasteiger partial charge is 0.311 e. The van der Waals surface area contributed by atoms with E-state index in [0.717, 1.165) is 17.1 Å². The Morgan fingerprint density at radius 2 is 0.792 bits per heavy atom. The molecule has 0 fully saturated rings. The van der Waals surface area contributed by atoms with Crippen LogP contribution in [0, 0.1) is 0 Å². The van der Waals surface area contributed by atoms with Crippen molar-refractivity contribution < 1.29 is 0 Å². The van der Waals surface area contributed by atoms with Crippen LogP contribution in [-0.2, 0) is 0 Å². The average Bonchev–Trinajstić information content (AvgIpc) is 3.53. The first-order valence-electron chi connectivity index (χ1n) is 16.3. The van der Waals surface area contributed by atoms with Gasteiger partial charge in [-0.25, -0.2) is 0 Å². The molecule has 0 aliphatic rings. The molecule has 1 aromatic heterocycles. The van der Waals surface area contributed by atoms with Crippen molar-refractivity contribution in [3.8, 4) is 33.4 Å². The molecule has 0 aliphatic carbocycles. The molecule has 0 saturated heterocycles. The first kappa shape index (κ1) is 28.3. The van der Waals surface area contributed by atoms with Crippen LogP contribution in [0.5, 0.6) is 0 Å². The van der Waals surface area contributed by atoms with Gasteiger partial charge in [-0.2, -0.15) is 0 Å². The van der Waals surface area contributed by atoms with Gasteiger partial charge >= 0.3 is 0 Å². The van der Waals surface area contributed by atoms with Gasteiger partial charge < -0.3 is 4.90 Å². The van der Waals surface area contributed by atoms with E-state index >= 15 is 0 Å². The summed E-state index contributed by atoms with van der Waals surface area (Å²) in [5.74, 6) is 0. The highest BCUT2D eigenvalue weighted by Crippen LogP contribution is 2.41. The van der Waals surface area contributed by atoms with Gasteiger partial charge in [-0.15, -0.1) is 11.3 Å². The number of nitrogens with zero attached hydrogens (tertiary/aromatic N) is 1. The Labute approximate surface area is 284 Å². The van der Waals surface area contributed by atoms with Gasteiger partial charge in [0, 0.05) is 37.2 Å². The lowest BCUT2D eigenvalue weighted by Crippen LogP contribution is -2.09. The fraction of sp³-hybridized carbons (Fsp3) is 0. The van der Waals surface area contributed by atoms with E-state index in [4.69, 9.17) is 0 Å². The van der Waals surface area contributed by atoms with E-state index in [9.17, 15) is 0 Å². The topological polar surface area (TPSA) is 3.24 Å². The van der Waals surface area contributed by atoms with E-state index < -0.39 is 0 Å².